The summed E-state index contributed by atoms with van der Waals surface area (Å²) in [6.07, 6.45) is 3.06. The van der Waals surface area contributed by atoms with Gasteiger partial charge in [0.2, 0.25) is 0 Å². The van der Waals surface area contributed by atoms with Crippen molar-refractivity contribution in [2.75, 3.05) is 5.32 Å². The molecule has 10 heteroatoms. The van der Waals surface area contributed by atoms with E-state index in [0.29, 0.717) is 22.5 Å². The fourth-order valence-electron chi connectivity index (χ4n) is 3.96. The molecule has 160 valence electrons. The SMILES string of the molecule is CC1(C)O[C@@H]2[C@H](O1)[C@@H](/C=C/Cl)O[C@H]2n1cnc2c(NC(=O)c3ccccc3)ncnc21. The predicted octanol–water partition coefficient (Wildman–Crippen LogP) is 3.25. The average Bonchev–Trinajstić information content (AvgIpc) is 3.41. The summed E-state index contributed by atoms with van der Waals surface area (Å²) >= 11 is 5.79. The van der Waals surface area contributed by atoms with E-state index in [2.05, 4.69) is 20.3 Å². The number of carbonyl (C=O) groups excluding carboxylic acids is 1. The van der Waals surface area contributed by atoms with Gasteiger partial charge in [0.1, 0.15) is 24.6 Å². The molecule has 1 N–H and O–H groups in total. The van der Waals surface area contributed by atoms with Crippen molar-refractivity contribution in [1.82, 2.24) is 19.5 Å². The third-order valence-electron chi connectivity index (χ3n) is 5.23. The molecular formula is C21H20ClN5O4. The van der Waals surface area contributed by atoms with E-state index in [4.69, 9.17) is 25.8 Å². The summed E-state index contributed by atoms with van der Waals surface area (Å²) in [6.45, 7) is 3.71. The van der Waals surface area contributed by atoms with Crippen LogP contribution in [0.15, 0.2) is 54.6 Å². The molecule has 9 nitrogen and oxygen atoms in total. The largest absolute Gasteiger partial charge is 0.345 e. The average molecular weight is 442 g/mol. The van der Waals surface area contributed by atoms with Gasteiger partial charge < -0.3 is 19.5 Å². The predicted molar refractivity (Wildman–Crippen MR) is 112 cm³/mol. The zero-order valence-electron chi connectivity index (χ0n) is 16.8. The number of hydrogen-bond acceptors (Lipinski definition) is 7. The van der Waals surface area contributed by atoms with E-state index in [1.807, 2.05) is 19.9 Å². The molecule has 0 radical (unpaired) electrons. The molecule has 2 aliphatic heterocycles. The Morgan fingerprint density at radius 1 is 1.16 bits per heavy atom. The monoisotopic (exact) mass is 441 g/mol. The van der Waals surface area contributed by atoms with Crippen LogP contribution in [-0.4, -0.2) is 49.5 Å². The van der Waals surface area contributed by atoms with E-state index in [1.54, 1.807) is 41.2 Å². The highest BCUT2D eigenvalue weighted by Crippen LogP contribution is 2.44. The fourth-order valence-corrected chi connectivity index (χ4v) is 4.10. The van der Waals surface area contributed by atoms with Crippen molar-refractivity contribution in [2.45, 2.75) is 44.2 Å². The number of halogens is 1. The Morgan fingerprint density at radius 3 is 2.71 bits per heavy atom. The number of nitrogens with zero attached hydrogens (tertiary/aromatic N) is 4. The van der Waals surface area contributed by atoms with Crippen LogP contribution < -0.4 is 5.32 Å². The lowest BCUT2D eigenvalue weighted by molar-refractivity contribution is -0.191. The number of hydrogen-bond donors (Lipinski definition) is 1. The fraction of sp³-hybridized carbons (Fsp3) is 0.333. The number of ether oxygens (including phenoxy) is 3. The Hall–Kier alpha value is -2.85. The molecule has 2 fully saturated rings. The molecule has 0 saturated carbocycles. The van der Waals surface area contributed by atoms with Crippen LogP contribution in [0.4, 0.5) is 5.82 Å². The highest BCUT2D eigenvalue weighted by molar-refractivity contribution is 6.25. The third kappa shape index (κ3) is 3.59. The van der Waals surface area contributed by atoms with Crippen LogP contribution in [0.3, 0.4) is 0 Å². The van der Waals surface area contributed by atoms with Crippen LogP contribution in [0, 0.1) is 0 Å². The maximum atomic E-state index is 12.6. The van der Waals surface area contributed by atoms with Gasteiger partial charge in [-0.3, -0.25) is 9.36 Å². The van der Waals surface area contributed by atoms with Crippen LogP contribution in [0.1, 0.15) is 30.4 Å². The van der Waals surface area contributed by atoms with Crippen LogP contribution in [0.2, 0.25) is 0 Å². The van der Waals surface area contributed by atoms with Crippen molar-refractivity contribution in [3.8, 4) is 0 Å². The molecule has 3 aromatic rings. The highest BCUT2D eigenvalue weighted by atomic mass is 35.5. The number of imidazole rings is 1. The van der Waals surface area contributed by atoms with Crippen molar-refractivity contribution in [3.05, 3.63) is 60.2 Å². The maximum absolute atomic E-state index is 12.6. The smallest absolute Gasteiger partial charge is 0.256 e. The summed E-state index contributed by atoms with van der Waals surface area (Å²) in [4.78, 5) is 25.6. The number of amides is 1. The molecule has 0 aliphatic carbocycles. The molecule has 0 spiro atoms. The molecule has 2 aliphatic rings. The standard InChI is InChI=1S/C21H20ClN5O4/c1-21(2)30-15-13(8-9-22)29-20(16(15)31-21)27-11-25-14-17(23-10-24-18(14)27)26-19(28)12-6-4-3-5-7-12/h3-11,13,15-16,20H,1-2H3,(H,23,24,26,28)/b9-8+/t13-,15-,16-,20-/m1/s1. The van der Waals surface area contributed by atoms with Crippen LogP contribution in [0.25, 0.3) is 11.2 Å². The highest BCUT2D eigenvalue weighted by Gasteiger charge is 2.55. The normalized spacial score (nSPS) is 27.1. The van der Waals surface area contributed by atoms with Gasteiger partial charge in [-0.25, -0.2) is 15.0 Å². The number of nitrogens with one attached hydrogen (secondary N) is 1. The molecular weight excluding hydrogens is 422 g/mol. The number of benzene rings is 1. The maximum Gasteiger partial charge on any atom is 0.256 e. The lowest BCUT2D eigenvalue weighted by Gasteiger charge is -2.23. The van der Waals surface area contributed by atoms with Crippen molar-refractivity contribution in [3.63, 3.8) is 0 Å². The van der Waals surface area contributed by atoms with Gasteiger partial charge in [0.05, 0.1) is 6.33 Å². The number of anilines is 1. The van der Waals surface area contributed by atoms with Gasteiger partial charge in [-0.05, 0) is 32.1 Å². The minimum Gasteiger partial charge on any atom is -0.345 e. The second-order valence-electron chi connectivity index (χ2n) is 7.74. The van der Waals surface area contributed by atoms with Gasteiger partial charge in [-0.1, -0.05) is 29.8 Å². The van der Waals surface area contributed by atoms with Gasteiger partial charge in [0.15, 0.2) is 29.0 Å². The minimum absolute atomic E-state index is 0.283. The Morgan fingerprint density at radius 2 is 1.94 bits per heavy atom. The van der Waals surface area contributed by atoms with Gasteiger partial charge >= 0.3 is 0 Å². The summed E-state index contributed by atoms with van der Waals surface area (Å²) in [5.74, 6) is -0.724. The molecule has 2 aromatic heterocycles. The minimum atomic E-state index is -0.754. The molecule has 0 unspecified atom stereocenters. The van der Waals surface area contributed by atoms with E-state index in [-0.39, 0.29) is 24.2 Å². The van der Waals surface area contributed by atoms with E-state index < -0.39 is 12.0 Å². The van der Waals surface area contributed by atoms with Crippen molar-refractivity contribution < 1.29 is 19.0 Å². The summed E-state index contributed by atoms with van der Waals surface area (Å²) in [7, 11) is 0. The first-order valence-corrected chi connectivity index (χ1v) is 10.2. The Balaban J connectivity index is 1.48. The second-order valence-corrected chi connectivity index (χ2v) is 7.99. The number of carbonyl (C=O) groups is 1. The number of aromatic nitrogens is 4. The molecule has 4 heterocycles. The first kappa shape index (κ1) is 20.1. The molecule has 2 saturated heterocycles. The Kier molecular flexibility index (Phi) is 4.98. The quantitative estimate of drug-likeness (QED) is 0.663. The Bertz CT molecular complexity index is 1150. The van der Waals surface area contributed by atoms with E-state index in [1.165, 1.54) is 11.9 Å². The van der Waals surface area contributed by atoms with Gasteiger partial charge in [0, 0.05) is 11.1 Å². The first-order chi connectivity index (χ1) is 15.0. The van der Waals surface area contributed by atoms with Crippen LogP contribution >= 0.6 is 11.6 Å². The first-order valence-electron chi connectivity index (χ1n) is 9.79. The second kappa shape index (κ2) is 7.69. The summed E-state index contributed by atoms with van der Waals surface area (Å²) < 4.78 is 20.0. The summed E-state index contributed by atoms with van der Waals surface area (Å²) in [5, 5.41) is 2.80. The zero-order chi connectivity index (χ0) is 21.6. The van der Waals surface area contributed by atoms with Crippen molar-refractivity contribution in [2.24, 2.45) is 0 Å². The van der Waals surface area contributed by atoms with Gasteiger partial charge in [-0.2, -0.15) is 0 Å². The molecule has 1 aromatic carbocycles. The third-order valence-corrected chi connectivity index (χ3v) is 5.37. The Labute approximate surface area is 183 Å². The molecule has 0 bridgehead atoms. The van der Waals surface area contributed by atoms with Crippen molar-refractivity contribution in [1.29, 1.82) is 0 Å². The molecule has 31 heavy (non-hydrogen) atoms. The lowest BCUT2D eigenvalue weighted by atomic mass is 10.1. The van der Waals surface area contributed by atoms with Crippen molar-refractivity contribution >= 4 is 34.5 Å². The lowest BCUT2D eigenvalue weighted by Crippen LogP contribution is -2.28. The number of fused-ring (bicyclic) bond motifs is 2. The van der Waals surface area contributed by atoms with Gasteiger partial charge in [-0.15, -0.1) is 0 Å². The van der Waals surface area contributed by atoms with Gasteiger partial charge in [0.25, 0.3) is 5.91 Å². The van der Waals surface area contributed by atoms with E-state index in [9.17, 15) is 4.79 Å². The summed E-state index contributed by atoms with van der Waals surface area (Å²) in [6, 6.07) is 8.89. The topological polar surface area (TPSA) is 100 Å². The number of rotatable bonds is 4. The van der Waals surface area contributed by atoms with Crippen LogP contribution in [-0.2, 0) is 14.2 Å². The summed E-state index contributed by atoms with van der Waals surface area (Å²) in [5.41, 5.74) is 2.88. The zero-order valence-corrected chi connectivity index (χ0v) is 17.6. The van der Waals surface area contributed by atoms with E-state index >= 15 is 0 Å². The molecule has 1 amide bonds. The molecule has 4 atom stereocenters. The van der Waals surface area contributed by atoms with E-state index in [0.717, 1.165) is 0 Å². The molecule has 5 rings (SSSR count). The van der Waals surface area contributed by atoms with Crippen LogP contribution in [0.5, 0.6) is 0 Å².